The standard InChI is InChI=1S/C20H34O3/c1-2-17(1)12-21-18-7-3-15(4-8-18)11-16-5-9-19(10-6-16)22-13-20-14-23-20/h15-20H,1-14H2. The summed E-state index contributed by atoms with van der Waals surface area (Å²) >= 11 is 0. The van der Waals surface area contributed by atoms with Gasteiger partial charge in [0.25, 0.3) is 0 Å². The Morgan fingerprint density at radius 1 is 0.609 bits per heavy atom. The molecule has 1 heterocycles. The second-order valence-electron chi connectivity index (χ2n) is 8.59. The van der Waals surface area contributed by atoms with Crippen molar-refractivity contribution in [3.63, 3.8) is 0 Å². The molecular formula is C20H34O3. The molecule has 3 saturated carbocycles. The average molecular weight is 322 g/mol. The fourth-order valence-corrected chi connectivity index (χ4v) is 4.50. The van der Waals surface area contributed by atoms with Crippen LogP contribution in [0.5, 0.6) is 0 Å². The highest BCUT2D eigenvalue weighted by Gasteiger charge is 2.30. The third-order valence-electron chi connectivity index (χ3n) is 6.44. The van der Waals surface area contributed by atoms with E-state index in [9.17, 15) is 0 Å². The van der Waals surface area contributed by atoms with Gasteiger partial charge in [-0.05, 0) is 88.4 Å². The van der Waals surface area contributed by atoms with Crippen molar-refractivity contribution in [2.45, 2.75) is 88.9 Å². The van der Waals surface area contributed by atoms with E-state index in [0.29, 0.717) is 18.3 Å². The molecule has 0 aromatic carbocycles. The molecule has 0 aromatic heterocycles. The van der Waals surface area contributed by atoms with Crippen LogP contribution in [0, 0.1) is 17.8 Å². The molecule has 4 aliphatic rings. The molecule has 1 unspecified atom stereocenters. The number of hydrogen-bond acceptors (Lipinski definition) is 3. The van der Waals surface area contributed by atoms with Crippen LogP contribution in [0.3, 0.4) is 0 Å². The lowest BCUT2D eigenvalue weighted by Crippen LogP contribution is -2.27. The molecule has 0 N–H and O–H groups in total. The van der Waals surface area contributed by atoms with Gasteiger partial charge in [0.1, 0.15) is 6.10 Å². The second kappa shape index (κ2) is 7.84. The van der Waals surface area contributed by atoms with E-state index < -0.39 is 0 Å². The molecule has 1 atom stereocenters. The summed E-state index contributed by atoms with van der Waals surface area (Å²) in [6.07, 6.45) is 16.6. The average Bonchev–Trinajstić information content (AvgIpc) is 3.48. The maximum Gasteiger partial charge on any atom is 0.104 e. The summed E-state index contributed by atoms with van der Waals surface area (Å²) in [4.78, 5) is 0. The fourth-order valence-electron chi connectivity index (χ4n) is 4.50. The Kier molecular flexibility index (Phi) is 5.58. The predicted molar refractivity (Wildman–Crippen MR) is 90.5 cm³/mol. The minimum Gasteiger partial charge on any atom is -0.378 e. The summed E-state index contributed by atoms with van der Waals surface area (Å²) in [5.41, 5.74) is 0. The van der Waals surface area contributed by atoms with Crippen molar-refractivity contribution in [3.8, 4) is 0 Å². The molecule has 132 valence electrons. The van der Waals surface area contributed by atoms with E-state index in [0.717, 1.165) is 37.6 Å². The van der Waals surface area contributed by atoms with E-state index in [-0.39, 0.29) is 0 Å². The van der Waals surface area contributed by atoms with Crippen molar-refractivity contribution in [1.82, 2.24) is 0 Å². The summed E-state index contributed by atoms with van der Waals surface area (Å²) < 4.78 is 17.3. The molecule has 23 heavy (non-hydrogen) atoms. The summed E-state index contributed by atoms with van der Waals surface area (Å²) in [5, 5.41) is 0. The molecular weight excluding hydrogens is 288 g/mol. The molecule has 0 radical (unpaired) electrons. The SMILES string of the molecule is C1CC1COC1CCC(CC2CCC(OCC3CO3)CC2)CC1. The molecule has 0 aromatic rings. The van der Waals surface area contributed by atoms with Crippen molar-refractivity contribution in [2.75, 3.05) is 19.8 Å². The van der Waals surface area contributed by atoms with Crippen molar-refractivity contribution in [3.05, 3.63) is 0 Å². The quantitative estimate of drug-likeness (QED) is 0.623. The molecule has 4 fully saturated rings. The summed E-state index contributed by atoms with van der Waals surface area (Å²) in [6.45, 7) is 2.80. The van der Waals surface area contributed by atoms with Crippen LogP contribution in [-0.2, 0) is 14.2 Å². The molecule has 4 rings (SSSR count). The Labute approximate surface area is 141 Å². The van der Waals surface area contributed by atoms with Crippen molar-refractivity contribution in [1.29, 1.82) is 0 Å². The van der Waals surface area contributed by atoms with Gasteiger partial charge in [0.15, 0.2) is 0 Å². The highest BCUT2D eigenvalue weighted by atomic mass is 16.6. The highest BCUT2D eigenvalue weighted by Crippen LogP contribution is 2.37. The Morgan fingerprint density at radius 2 is 1.09 bits per heavy atom. The van der Waals surface area contributed by atoms with Crippen LogP contribution in [0.2, 0.25) is 0 Å². The van der Waals surface area contributed by atoms with Gasteiger partial charge >= 0.3 is 0 Å². The van der Waals surface area contributed by atoms with Gasteiger partial charge in [0.05, 0.1) is 25.4 Å². The zero-order valence-corrected chi connectivity index (χ0v) is 14.6. The third kappa shape index (κ3) is 5.44. The van der Waals surface area contributed by atoms with Crippen LogP contribution >= 0.6 is 0 Å². The van der Waals surface area contributed by atoms with E-state index in [1.165, 1.54) is 70.6 Å². The smallest absolute Gasteiger partial charge is 0.104 e. The van der Waals surface area contributed by atoms with Gasteiger partial charge in [0, 0.05) is 6.61 Å². The summed E-state index contributed by atoms with van der Waals surface area (Å²) in [7, 11) is 0. The van der Waals surface area contributed by atoms with Crippen LogP contribution in [-0.4, -0.2) is 38.1 Å². The van der Waals surface area contributed by atoms with Gasteiger partial charge in [0.2, 0.25) is 0 Å². The fraction of sp³-hybridized carbons (Fsp3) is 1.00. The Balaban J connectivity index is 1.08. The number of hydrogen-bond donors (Lipinski definition) is 0. The Morgan fingerprint density at radius 3 is 1.57 bits per heavy atom. The van der Waals surface area contributed by atoms with E-state index in [1.54, 1.807) is 0 Å². The topological polar surface area (TPSA) is 31.0 Å². The van der Waals surface area contributed by atoms with Crippen LogP contribution < -0.4 is 0 Å². The van der Waals surface area contributed by atoms with E-state index in [1.807, 2.05) is 0 Å². The van der Waals surface area contributed by atoms with Crippen LogP contribution in [0.25, 0.3) is 0 Å². The third-order valence-corrected chi connectivity index (χ3v) is 6.44. The van der Waals surface area contributed by atoms with Crippen molar-refractivity contribution < 1.29 is 14.2 Å². The second-order valence-corrected chi connectivity index (χ2v) is 8.59. The van der Waals surface area contributed by atoms with Crippen LogP contribution in [0.1, 0.15) is 70.6 Å². The first-order valence-electron chi connectivity index (χ1n) is 10.2. The first-order chi connectivity index (χ1) is 11.3. The maximum absolute atomic E-state index is 6.08. The zero-order chi connectivity index (χ0) is 15.5. The van der Waals surface area contributed by atoms with Crippen LogP contribution in [0.15, 0.2) is 0 Å². The molecule has 1 saturated heterocycles. The number of epoxide rings is 1. The first-order valence-corrected chi connectivity index (χ1v) is 10.2. The van der Waals surface area contributed by atoms with Gasteiger partial charge in [-0.25, -0.2) is 0 Å². The van der Waals surface area contributed by atoms with Gasteiger partial charge in [-0.2, -0.15) is 0 Å². The van der Waals surface area contributed by atoms with Gasteiger partial charge in [-0.15, -0.1) is 0 Å². The van der Waals surface area contributed by atoms with Gasteiger partial charge < -0.3 is 14.2 Å². The normalized spacial score (nSPS) is 41.0. The van der Waals surface area contributed by atoms with E-state index in [4.69, 9.17) is 14.2 Å². The molecule has 1 aliphatic heterocycles. The molecule has 3 heteroatoms. The first kappa shape index (κ1) is 16.4. The van der Waals surface area contributed by atoms with Crippen LogP contribution in [0.4, 0.5) is 0 Å². The summed E-state index contributed by atoms with van der Waals surface area (Å²) in [5.74, 6) is 2.84. The van der Waals surface area contributed by atoms with Gasteiger partial charge in [-0.3, -0.25) is 0 Å². The summed E-state index contributed by atoms with van der Waals surface area (Å²) in [6, 6.07) is 0. The lowest BCUT2D eigenvalue weighted by Gasteiger charge is -2.34. The largest absolute Gasteiger partial charge is 0.378 e. The lowest BCUT2D eigenvalue weighted by molar-refractivity contribution is -0.00131. The Bertz CT molecular complexity index is 314. The monoisotopic (exact) mass is 322 g/mol. The van der Waals surface area contributed by atoms with Gasteiger partial charge in [-0.1, -0.05) is 0 Å². The molecule has 3 aliphatic carbocycles. The predicted octanol–water partition coefficient (Wildman–Crippen LogP) is 4.34. The van der Waals surface area contributed by atoms with Crippen molar-refractivity contribution >= 4 is 0 Å². The number of rotatable bonds is 8. The number of ether oxygens (including phenoxy) is 3. The maximum atomic E-state index is 6.08. The van der Waals surface area contributed by atoms with Crippen molar-refractivity contribution in [2.24, 2.45) is 17.8 Å². The Hall–Kier alpha value is -0.120. The lowest BCUT2D eigenvalue weighted by atomic mass is 9.76. The molecule has 0 spiro atoms. The molecule has 0 amide bonds. The van der Waals surface area contributed by atoms with E-state index >= 15 is 0 Å². The van der Waals surface area contributed by atoms with E-state index in [2.05, 4.69) is 0 Å². The minimum atomic E-state index is 0.421. The minimum absolute atomic E-state index is 0.421. The zero-order valence-electron chi connectivity index (χ0n) is 14.6. The molecule has 0 bridgehead atoms. The highest BCUT2D eigenvalue weighted by molar-refractivity contribution is 4.80. The molecule has 3 nitrogen and oxygen atoms in total.